The number of rotatable bonds is 7. The molecule has 0 aromatic carbocycles. The molecular weight excluding hydrogens is 414 g/mol. The molecule has 0 spiro atoms. The van der Waals surface area contributed by atoms with Gasteiger partial charge in [0.2, 0.25) is 5.84 Å². The summed E-state index contributed by atoms with van der Waals surface area (Å²) in [5.41, 5.74) is 12.1. The van der Waals surface area contributed by atoms with Crippen LogP contribution in [0.3, 0.4) is 0 Å². The zero-order chi connectivity index (χ0) is 21.3. The van der Waals surface area contributed by atoms with Gasteiger partial charge in [-0.2, -0.15) is 4.31 Å². The van der Waals surface area contributed by atoms with Crippen molar-refractivity contribution in [3.63, 3.8) is 0 Å². The lowest BCUT2D eigenvalue weighted by atomic mass is 10.2. The van der Waals surface area contributed by atoms with E-state index in [1.165, 1.54) is 16.7 Å². The monoisotopic (exact) mass is 440 g/mol. The van der Waals surface area contributed by atoms with E-state index in [4.69, 9.17) is 15.9 Å². The largest absolute Gasteiger partial charge is 0.504 e. The molecule has 158 valence electrons. The van der Waals surface area contributed by atoms with E-state index < -0.39 is 15.8 Å². The van der Waals surface area contributed by atoms with E-state index in [9.17, 15) is 13.5 Å². The zero-order valence-electron chi connectivity index (χ0n) is 16.5. The van der Waals surface area contributed by atoms with Crippen molar-refractivity contribution >= 4 is 38.7 Å². The second-order valence-corrected chi connectivity index (χ2v) is 10.0. The SMILES string of the molecule is CC[C@@H]([NH+]=C(N)C(N)=Nc1csc(S(=O)(=O)N(C)C2CC2)c1O)c1ccc(C)o1. The number of nitrogens with zero attached hydrogens (tertiary/aromatic N) is 2. The molecule has 0 radical (unpaired) electrons. The predicted octanol–water partition coefficient (Wildman–Crippen LogP) is 0.716. The Balaban J connectivity index is 1.85. The van der Waals surface area contributed by atoms with Gasteiger partial charge in [-0.05, 0) is 38.3 Å². The molecule has 1 saturated carbocycles. The summed E-state index contributed by atoms with van der Waals surface area (Å²) >= 11 is 0.901. The van der Waals surface area contributed by atoms with Crippen molar-refractivity contribution in [3.05, 3.63) is 29.0 Å². The molecule has 0 saturated heterocycles. The van der Waals surface area contributed by atoms with E-state index in [2.05, 4.69) is 9.98 Å². The van der Waals surface area contributed by atoms with E-state index >= 15 is 0 Å². The van der Waals surface area contributed by atoms with Crippen molar-refractivity contribution in [2.75, 3.05) is 7.05 Å². The Morgan fingerprint density at radius 3 is 2.69 bits per heavy atom. The first kappa shape index (κ1) is 21.3. The van der Waals surface area contributed by atoms with Crippen LogP contribution in [0.1, 0.15) is 43.7 Å². The Morgan fingerprint density at radius 1 is 1.45 bits per heavy atom. The topological polar surface area (TPSA) is 149 Å². The van der Waals surface area contributed by atoms with E-state index in [0.717, 1.165) is 35.7 Å². The molecule has 9 nitrogen and oxygen atoms in total. The van der Waals surface area contributed by atoms with Crippen LogP contribution in [-0.2, 0) is 10.0 Å². The summed E-state index contributed by atoms with van der Waals surface area (Å²) in [5, 5.41) is 11.9. The average Bonchev–Trinajstić information content (AvgIpc) is 3.34. The number of aliphatic imine (C=N–C) groups is 1. The van der Waals surface area contributed by atoms with Gasteiger partial charge in [0.25, 0.3) is 10.0 Å². The van der Waals surface area contributed by atoms with Crippen molar-refractivity contribution in [1.82, 2.24) is 4.31 Å². The molecule has 0 aliphatic heterocycles. The Labute approximate surface area is 173 Å². The Hall–Kier alpha value is -2.37. The van der Waals surface area contributed by atoms with Gasteiger partial charge in [-0.1, -0.05) is 6.92 Å². The molecule has 2 heterocycles. The summed E-state index contributed by atoms with van der Waals surface area (Å²) < 4.78 is 32.1. The third-order valence-corrected chi connectivity index (χ3v) is 8.13. The highest BCUT2D eigenvalue weighted by atomic mass is 32.2. The minimum atomic E-state index is -3.77. The lowest BCUT2D eigenvalue weighted by molar-refractivity contribution is -0.513. The zero-order valence-corrected chi connectivity index (χ0v) is 18.2. The Kier molecular flexibility index (Phi) is 6.01. The molecule has 0 bridgehead atoms. The third-order valence-electron chi connectivity index (χ3n) is 4.75. The third kappa shape index (κ3) is 4.46. The van der Waals surface area contributed by atoms with Gasteiger partial charge in [0.15, 0.2) is 16.0 Å². The maximum atomic E-state index is 12.7. The number of sulfonamides is 1. The minimum Gasteiger partial charge on any atom is -0.504 e. The van der Waals surface area contributed by atoms with Gasteiger partial charge in [0, 0.05) is 18.5 Å². The number of aryl methyl sites for hydroxylation is 1. The van der Waals surface area contributed by atoms with Gasteiger partial charge in [0.05, 0.1) is 0 Å². The molecule has 0 amide bonds. The summed E-state index contributed by atoms with van der Waals surface area (Å²) in [6.07, 6.45) is 2.34. The fraction of sp³-hybridized carbons (Fsp3) is 0.444. The first-order valence-electron chi connectivity index (χ1n) is 9.23. The highest BCUT2D eigenvalue weighted by molar-refractivity contribution is 7.91. The van der Waals surface area contributed by atoms with Crippen LogP contribution in [0.5, 0.6) is 5.75 Å². The van der Waals surface area contributed by atoms with Gasteiger partial charge in [0.1, 0.15) is 17.2 Å². The van der Waals surface area contributed by atoms with Crippen LogP contribution in [-0.4, -0.2) is 42.6 Å². The van der Waals surface area contributed by atoms with E-state index in [-0.39, 0.29) is 33.7 Å². The predicted molar refractivity (Wildman–Crippen MR) is 112 cm³/mol. The summed E-state index contributed by atoms with van der Waals surface area (Å²) in [6.45, 7) is 3.82. The second-order valence-electron chi connectivity index (χ2n) is 6.97. The molecule has 1 aliphatic carbocycles. The first-order chi connectivity index (χ1) is 13.6. The highest BCUT2D eigenvalue weighted by Gasteiger charge is 2.37. The minimum absolute atomic E-state index is 0.0112. The number of hydrogen-bond acceptors (Lipinski definition) is 6. The van der Waals surface area contributed by atoms with Crippen LogP contribution in [0.4, 0.5) is 5.69 Å². The van der Waals surface area contributed by atoms with E-state index in [1.54, 1.807) is 0 Å². The molecule has 6 N–H and O–H groups in total. The first-order valence-corrected chi connectivity index (χ1v) is 11.5. The number of furan rings is 1. The van der Waals surface area contributed by atoms with Crippen LogP contribution in [0.25, 0.3) is 0 Å². The quantitative estimate of drug-likeness (QED) is 0.368. The Bertz CT molecular complexity index is 1050. The Morgan fingerprint density at radius 2 is 2.14 bits per heavy atom. The highest BCUT2D eigenvalue weighted by Crippen LogP contribution is 2.42. The molecule has 1 fully saturated rings. The number of thiophene rings is 1. The van der Waals surface area contributed by atoms with Crippen molar-refractivity contribution < 1.29 is 22.9 Å². The van der Waals surface area contributed by atoms with Gasteiger partial charge in [-0.15, -0.1) is 11.3 Å². The number of amidine groups is 2. The number of hydrogen-bond donors (Lipinski definition) is 4. The van der Waals surface area contributed by atoms with Gasteiger partial charge in [-0.3, -0.25) is 10.7 Å². The molecule has 1 aliphatic rings. The molecule has 1 atom stereocenters. The van der Waals surface area contributed by atoms with Gasteiger partial charge in [-0.25, -0.2) is 13.4 Å². The summed E-state index contributed by atoms with van der Waals surface area (Å²) in [4.78, 5) is 7.17. The lowest BCUT2D eigenvalue weighted by Gasteiger charge is -2.14. The molecule has 29 heavy (non-hydrogen) atoms. The van der Waals surface area contributed by atoms with Crippen molar-refractivity contribution in [1.29, 1.82) is 0 Å². The smallest absolute Gasteiger partial charge is 0.309 e. The van der Waals surface area contributed by atoms with Crippen molar-refractivity contribution in [2.45, 2.75) is 49.4 Å². The van der Waals surface area contributed by atoms with Crippen LogP contribution in [0.2, 0.25) is 0 Å². The van der Waals surface area contributed by atoms with Crippen LogP contribution in [0, 0.1) is 6.92 Å². The average molecular weight is 441 g/mol. The fourth-order valence-corrected chi connectivity index (χ4v) is 5.62. The van der Waals surface area contributed by atoms with Crippen LogP contribution in [0.15, 0.2) is 31.1 Å². The van der Waals surface area contributed by atoms with Crippen LogP contribution >= 0.6 is 11.3 Å². The van der Waals surface area contributed by atoms with E-state index in [1.807, 2.05) is 26.0 Å². The molecular formula is C18H26N5O4S2+. The van der Waals surface area contributed by atoms with Crippen LogP contribution < -0.4 is 16.5 Å². The number of aromatic hydroxyl groups is 1. The molecule has 11 heteroatoms. The van der Waals surface area contributed by atoms with Gasteiger partial charge < -0.3 is 15.3 Å². The fourth-order valence-electron chi connectivity index (χ4n) is 2.82. The van der Waals surface area contributed by atoms with E-state index in [0.29, 0.717) is 6.42 Å². The standard InChI is InChI=1S/C18H25N5O4S2/c1-4-12(14-8-5-10(2)27-14)21-16(19)17(20)22-13-9-28-18(15(13)24)29(25,26)23(3)11-6-7-11/h5,8-9,11-12,24H,4,6-7H2,1-3H3,(H2,19,21)(H2,20,22)/p+1/t12-/m1/s1. The molecule has 3 rings (SSSR count). The maximum absolute atomic E-state index is 12.7. The normalized spacial score (nSPS) is 17.1. The van der Waals surface area contributed by atoms with Gasteiger partial charge >= 0.3 is 5.84 Å². The molecule has 2 aromatic heterocycles. The maximum Gasteiger partial charge on any atom is 0.309 e. The summed E-state index contributed by atoms with van der Waals surface area (Å²) in [6, 6.07) is 3.51. The van der Waals surface area contributed by atoms with Crippen molar-refractivity contribution in [3.8, 4) is 5.75 Å². The number of nitrogens with one attached hydrogen (secondary N) is 1. The van der Waals surface area contributed by atoms with Crippen molar-refractivity contribution in [2.24, 2.45) is 16.5 Å². The summed E-state index contributed by atoms with van der Waals surface area (Å²) in [7, 11) is -2.26. The summed E-state index contributed by atoms with van der Waals surface area (Å²) in [5.74, 6) is 1.13. The number of nitrogens with two attached hydrogens (primary N) is 2. The molecule has 2 aromatic rings. The lowest BCUT2D eigenvalue weighted by Crippen LogP contribution is -2.79. The molecule has 0 unspecified atom stereocenters. The second kappa shape index (κ2) is 8.17.